The van der Waals surface area contributed by atoms with Crippen LogP contribution in [0.1, 0.15) is 37.3 Å². The molecule has 0 spiro atoms. The second-order valence-electron chi connectivity index (χ2n) is 6.87. The van der Waals surface area contributed by atoms with Crippen molar-refractivity contribution in [2.75, 3.05) is 26.3 Å². The summed E-state index contributed by atoms with van der Waals surface area (Å²) in [6.45, 7) is 5.98. The summed E-state index contributed by atoms with van der Waals surface area (Å²) in [5, 5.41) is 12.4. The molecule has 0 unspecified atom stereocenters. The van der Waals surface area contributed by atoms with Gasteiger partial charge in [-0.3, -0.25) is 0 Å². The maximum Gasteiger partial charge on any atom is 0.0877 e. The van der Waals surface area contributed by atoms with Crippen LogP contribution in [0, 0.1) is 6.92 Å². The molecule has 0 bridgehead atoms. The molecule has 0 saturated carbocycles. The fourth-order valence-corrected chi connectivity index (χ4v) is 4.09. The molecule has 5 heteroatoms. The minimum Gasteiger partial charge on any atom is -0.846 e. The Bertz CT molecular complexity index is 683. The highest BCUT2D eigenvalue weighted by Gasteiger charge is 2.28. The van der Waals surface area contributed by atoms with Gasteiger partial charge in [-0.05, 0) is 50.3 Å². The zero-order valence-corrected chi connectivity index (χ0v) is 13.7. The minimum atomic E-state index is -0.0879. The maximum absolute atomic E-state index is 12.4. The number of fused-ring (bicyclic) bond motifs is 1. The van der Waals surface area contributed by atoms with Gasteiger partial charge in [0.1, 0.15) is 0 Å². The third-order valence-corrected chi connectivity index (χ3v) is 5.38. The smallest absolute Gasteiger partial charge is 0.0877 e. The summed E-state index contributed by atoms with van der Waals surface area (Å²) < 4.78 is 7.40. The summed E-state index contributed by atoms with van der Waals surface area (Å²) in [6.07, 6.45) is 4.35. The zero-order chi connectivity index (χ0) is 15.8. The van der Waals surface area contributed by atoms with Crippen molar-refractivity contribution < 1.29 is 9.84 Å². The Morgan fingerprint density at radius 2 is 1.83 bits per heavy atom. The predicted octanol–water partition coefficient (Wildman–Crippen LogP) is 2.23. The van der Waals surface area contributed by atoms with E-state index < -0.39 is 0 Å². The van der Waals surface area contributed by atoms with Crippen molar-refractivity contribution >= 4 is 11.0 Å². The first-order valence-corrected chi connectivity index (χ1v) is 8.70. The van der Waals surface area contributed by atoms with Crippen molar-refractivity contribution in [2.24, 2.45) is 0 Å². The van der Waals surface area contributed by atoms with E-state index in [4.69, 9.17) is 4.74 Å². The Kier molecular flexibility index (Phi) is 3.99. The predicted molar refractivity (Wildman–Crippen MR) is 87.6 cm³/mol. The van der Waals surface area contributed by atoms with Gasteiger partial charge in [-0.25, -0.2) is 4.98 Å². The molecule has 124 valence electrons. The van der Waals surface area contributed by atoms with Gasteiger partial charge in [0.2, 0.25) is 0 Å². The molecule has 0 radical (unpaired) electrons. The van der Waals surface area contributed by atoms with Crippen molar-refractivity contribution in [2.45, 2.75) is 44.7 Å². The molecule has 0 aliphatic carbocycles. The number of nitrogens with zero attached hydrogens (tertiary/aromatic N) is 3. The van der Waals surface area contributed by atoms with Crippen LogP contribution in [0.5, 0.6) is 6.01 Å². The second kappa shape index (κ2) is 6.13. The molecular weight excluding hydrogens is 290 g/mol. The second-order valence-corrected chi connectivity index (χ2v) is 6.87. The molecule has 3 heterocycles. The Balaban J connectivity index is 1.52. The van der Waals surface area contributed by atoms with Crippen molar-refractivity contribution in [3.8, 4) is 6.01 Å². The maximum atomic E-state index is 12.4. The largest absolute Gasteiger partial charge is 0.846 e. The Labute approximate surface area is 136 Å². The van der Waals surface area contributed by atoms with Gasteiger partial charge in [-0.1, -0.05) is 6.07 Å². The van der Waals surface area contributed by atoms with Gasteiger partial charge in [0.25, 0.3) is 0 Å². The Morgan fingerprint density at radius 1 is 1.09 bits per heavy atom. The molecule has 2 aromatic rings. The number of piperidine rings is 1. The molecule has 2 aliphatic heterocycles. The number of likely N-dealkylation sites (tertiary alicyclic amines) is 1. The molecule has 1 aromatic carbocycles. The SMILES string of the molecule is Cc1ccc2nc([O-])n(C3CCN(C4CCOCC4)CC3)c2c1. The van der Waals surface area contributed by atoms with E-state index in [2.05, 4.69) is 22.9 Å². The normalized spacial score (nSPS) is 22.0. The van der Waals surface area contributed by atoms with Gasteiger partial charge in [-0.2, -0.15) is 0 Å². The first kappa shape index (κ1) is 15.0. The Hall–Kier alpha value is -1.59. The number of aromatic nitrogens is 2. The van der Waals surface area contributed by atoms with E-state index in [1.165, 1.54) is 5.56 Å². The fraction of sp³-hybridized carbons (Fsp3) is 0.611. The van der Waals surface area contributed by atoms with Gasteiger partial charge in [-0.15, -0.1) is 0 Å². The number of ether oxygens (including phenoxy) is 1. The van der Waals surface area contributed by atoms with Crippen LogP contribution in [0.2, 0.25) is 0 Å². The molecule has 5 nitrogen and oxygen atoms in total. The van der Waals surface area contributed by atoms with Crippen molar-refractivity contribution in [3.05, 3.63) is 23.8 Å². The van der Waals surface area contributed by atoms with Crippen LogP contribution in [0.25, 0.3) is 11.0 Å². The number of rotatable bonds is 2. The minimum absolute atomic E-state index is 0.0879. The quantitative estimate of drug-likeness (QED) is 0.853. The van der Waals surface area contributed by atoms with Crippen LogP contribution in [-0.2, 0) is 4.74 Å². The fourth-order valence-electron chi connectivity index (χ4n) is 4.09. The van der Waals surface area contributed by atoms with Gasteiger partial charge in [0.05, 0.1) is 17.0 Å². The van der Waals surface area contributed by atoms with Crippen molar-refractivity contribution in [1.82, 2.24) is 14.5 Å². The van der Waals surface area contributed by atoms with Gasteiger partial charge in [0, 0.05) is 38.4 Å². The highest BCUT2D eigenvalue weighted by atomic mass is 16.5. The van der Waals surface area contributed by atoms with E-state index in [1.54, 1.807) is 0 Å². The lowest BCUT2D eigenvalue weighted by atomic mass is 9.99. The van der Waals surface area contributed by atoms with Gasteiger partial charge >= 0.3 is 0 Å². The molecule has 0 atom stereocenters. The summed E-state index contributed by atoms with van der Waals surface area (Å²) in [5.41, 5.74) is 3.00. The molecule has 0 amide bonds. The van der Waals surface area contributed by atoms with Crippen molar-refractivity contribution in [3.63, 3.8) is 0 Å². The van der Waals surface area contributed by atoms with E-state index in [9.17, 15) is 5.11 Å². The summed E-state index contributed by atoms with van der Waals surface area (Å²) in [5.74, 6) is 0. The highest BCUT2D eigenvalue weighted by molar-refractivity contribution is 5.77. The van der Waals surface area contributed by atoms with E-state index in [0.29, 0.717) is 6.04 Å². The average Bonchev–Trinajstić information content (AvgIpc) is 2.91. The Morgan fingerprint density at radius 3 is 2.57 bits per heavy atom. The molecule has 2 aliphatic rings. The molecule has 4 rings (SSSR count). The molecule has 0 N–H and O–H groups in total. The van der Waals surface area contributed by atoms with Crippen LogP contribution in [-0.4, -0.2) is 46.8 Å². The van der Waals surface area contributed by atoms with Gasteiger partial charge in [0.15, 0.2) is 0 Å². The first-order chi connectivity index (χ1) is 11.2. The summed E-state index contributed by atoms with van der Waals surface area (Å²) in [4.78, 5) is 6.81. The third kappa shape index (κ3) is 2.83. The van der Waals surface area contributed by atoms with Crippen LogP contribution in [0.3, 0.4) is 0 Å². The number of hydrogen-bond acceptors (Lipinski definition) is 4. The number of imidazole rings is 1. The summed E-state index contributed by atoms with van der Waals surface area (Å²) >= 11 is 0. The van der Waals surface area contributed by atoms with E-state index in [-0.39, 0.29) is 12.1 Å². The standard InChI is InChI=1S/C18H25N3O2/c1-13-2-3-16-17(12-13)21(18(22)19-16)15-4-8-20(9-5-15)14-6-10-23-11-7-14/h2-3,12,14-15H,4-11H2,1H3,(H,19,22)/p-1. The lowest BCUT2D eigenvalue weighted by Gasteiger charge is -2.40. The summed E-state index contributed by atoms with van der Waals surface area (Å²) in [7, 11) is 0. The van der Waals surface area contributed by atoms with E-state index in [0.717, 1.165) is 63.0 Å². The zero-order valence-electron chi connectivity index (χ0n) is 13.7. The van der Waals surface area contributed by atoms with Crippen LogP contribution < -0.4 is 5.11 Å². The molecular formula is C18H24N3O2-. The summed E-state index contributed by atoms with van der Waals surface area (Å²) in [6, 6.07) is 6.93. The monoisotopic (exact) mass is 314 g/mol. The van der Waals surface area contributed by atoms with Crippen LogP contribution >= 0.6 is 0 Å². The van der Waals surface area contributed by atoms with Crippen LogP contribution in [0.4, 0.5) is 0 Å². The molecule has 2 fully saturated rings. The van der Waals surface area contributed by atoms with E-state index >= 15 is 0 Å². The molecule has 1 aromatic heterocycles. The van der Waals surface area contributed by atoms with Crippen molar-refractivity contribution in [1.29, 1.82) is 0 Å². The average molecular weight is 314 g/mol. The lowest BCUT2D eigenvalue weighted by Crippen LogP contribution is -2.44. The van der Waals surface area contributed by atoms with Crippen LogP contribution in [0.15, 0.2) is 18.2 Å². The number of benzene rings is 1. The highest BCUT2D eigenvalue weighted by Crippen LogP contribution is 2.32. The lowest BCUT2D eigenvalue weighted by molar-refractivity contribution is -0.286. The first-order valence-electron chi connectivity index (χ1n) is 8.70. The van der Waals surface area contributed by atoms with Gasteiger partial charge < -0.3 is 19.3 Å². The molecule has 2 saturated heterocycles. The molecule has 23 heavy (non-hydrogen) atoms. The van der Waals surface area contributed by atoms with E-state index in [1.807, 2.05) is 16.7 Å². The number of hydrogen-bond donors (Lipinski definition) is 0. The topological polar surface area (TPSA) is 53.4 Å². The third-order valence-electron chi connectivity index (χ3n) is 5.38. The number of aryl methyl sites for hydroxylation is 1.